The van der Waals surface area contributed by atoms with Crippen LogP contribution in [0.5, 0.6) is 5.75 Å². The van der Waals surface area contributed by atoms with Crippen LogP contribution in [-0.2, 0) is 11.2 Å². The highest BCUT2D eigenvalue weighted by Crippen LogP contribution is 2.28. The molecule has 0 radical (unpaired) electrons. The van der Waals surface area contributed by atoms with E-state index in [4.69, 9.17) is 16.3 Å². The van der Waals surface area contributed by atoms with Crippen LogP contribution in [0.15, 0.2) is 34.2 Å². The van der Waals surface area contributed by atoms with Gasteiger partial charge < -0.3 is 15.0 Å². The van der Waals surface area contributed by atoms with Gasteiger partial charge in [-0.15, -0.1) is 0 Å². The van der Waals surface area contributed by atoms with Crippen molar-refractivity contribution >= 4 is 35.0 Å². The second kappa shape index (κ2) is 9.64. The van der Waals surface area contributed by atoms with E-state index in [2.05, 4.69) is 15.3 Å². The molecule has 0 aliphatic rings. The number of carbonyl (C=O) groups is 1. The zero-order valence-electron chi connectivity index (χ0n) is 15.0. The molecule has 140 valence electrons. The van der Waals surface area contributed by atoms with Gasteiger partial charge in [0, 0.05) is 17.4 Å². The molecule has 1 aromatic heterocycles. The Bertz CT molecular complexity index is 826. The first-order valence-electron chi connectivity index (χ1n) is 8.38. The van der Waals surface area contributed by atoms with Crippen molar-refractivity contribution in [2.24, 2.45) is 0 Å². The Labute approximate surface area is 161 Å². The highest BCUT2D eigenvalue weighted by Gasteiger charge is 2.20. The van der Waals surface area contributed by atoms with Crippen molar-refractivity contribution in [1.82, 2.24) is 9.97 Å². The summed E-state index contributed by atoms with van der Waals surface area (Å²) < 4.78 is 5.10. The quantitative estimate of drug-likeness (QED) is 0.523. The van der Waals surface area contributed by atoms with Gasteiger partial charge in [-0.3, -0.25) is 9.59 Å². The van der Waals surface area contributed by atoms with Crippen molar-refractivity contribution in [2.75, 3.05) is 12.4 Å². The second-order valence-corrected chi connectivity index (χ2v) is 7.24. The Morgan fingerprint density at radius 3 is 2.77 bits per heavy atom. The minimum atomic E-state index is -0.393. The van der Waals surface area contributed by atoms with Crippen LogP contribution in [-0.4, -0.2) is 28.2 Å². The highest BCUT2D eigenvalue weighted by atomic mass is 35.5. The monoisotopic (exact) mass is 395 g/mol. The maximum Gasteiger partial charge on any atom is 0.251 e. The van der Waals surface area contributed by atoms with Gasteiger partial charge in [-0.25, -0.2) is 4.98 Å². The standard InChI is InChI=1S/C18H22ClN3O3S/c1-4-6-11-10-16(23)22-18(21-11)26-15(5-2)17(24)20-12-7-8-14(25-3)13(19)9-12/h7-10,15H,4-6H2,1-3H3,(H,20,24)(H,21,22,23). The molecule has 1 atom stereocenters. The number of aromatic nitrogens is 2. The van der Waals surface area contributed by atoms with Crippen LogP contribution in [0.2, 0.25) is 5.02 Å². The van der Waals surface area contributed by atoms with Crippen LogP contribution in [0.1, 0.15) is 32.4 Å². The third-order valence-corrected chi connectivity index (χ3v) is 5.16. The molecule has 0 fully saturated rings. The maximum atomic E-state index is 12.6. The van der Waals surface area contributed by atoms with Gasteiger partial charge in [0.15, 0.2) is 5.16 Å². The fourth-order valence-electron chi connectivity index (χ4n) is 2.35. The Morgan fingerprint density at radius 2 is 2.15 bits per heavy atom. The molecule has 0 aliphatic carbocycles. The van der Waals surface area contributed by atoms with Crippen LogP contribution in [0.25, 0.3) is 0 Å². The van der Waals surface area contributed by atoms with Gasteiger partial charge in [0.05, 0.1) is 17.4 Å². The van der Waals surface area contributed by atoms with Crippen LogP contribution < -0.4 is 15.6 Å². The smallest absolute Gasteiger partial charge is 0.251 e. The summed E-state index contributed by atoms with van der Waals surface area (Å²) in [5.41, 5.74) is 1.11. The number of aryl methyl sites for hydroxylation is 1. The average molecular weight is 396 g/mol. The predicted octanol–water partition coefficient (Wildman–Crippen LogP) is 3.89. The van der Waals surface area contributed by atoms with E-state index >= 15 is 0 Å². The molecule has 2 aromatic rings. The first kappa shape index (κ1) is 20.3. The van der Waals surface area contributed by atoms with Crippen molar-refractivity contribution in [3.05, 3.63) is 45.3 Å². The third-order valence-electron chi connectivity index (χ3n) is 3.62. The molecule has 1 aromatic carbocycles. The molecule has 0 saturated heterocycles. The van der Waals surface area contributed by atoms with Gasteiger partial charge in [0.1, 0.15) is 5.75 Å². The number of anilines is 1. The van der Waals surface area contributed by atoms with Crippen LogP contribution >= 0.6 is 23.4 Å². The fraction of sp³-hybridized carbons (Fsp3) is 0.389. The molecule has 8 heteroatoms. The van der Waals surface area contributed by atoms with E-state index in [0.717, 1.165) is 18.5 Å². The molecule has 1 heterocycles. The molecular formula is C18H22ClN3O3S. The number of hydrogen-bond donors (Lipinski definition) is 2. The predicted molar refractivity (Wildman–Crippen MR) is 105 cm³/mol. The number of amides is 1. The van der Waals surface area contributed by atoms with E-state index in [0.29, 0.717) is 28.0 Å². The molecule has 6 nitrogen and oxygen atoms in total. The largest absolute Gasteiger partial charge is 0.495 e. The van der Waals surface area contributed by atoms with Gasteiger partial charge >= 0.3 is 0 Å². The topological polar surface area (TPSA) is 84.1 Å². The molecule has 2 N–H and O–H groups in total. The third kappa shape index (κ3) is 5.51. The van der Waals surface area contributed by atoms with Crippen molar-refractivity contribution in [1.29, 1.82) is 0 Å². The van der Waals surface area contributed by atoms with E-state index < -0.39 is 5.25 Å². The second-order valence-electron chi connectivity index (χ2n) is 5.65. The lowest BCUT2D eigenvalue weighted by Crippen LogP contribution is -2.25. The van der Waals surface area contributed by atoms with Crippen LogP contribution in [0, 0.1) is 0 Å². The Balaban J connectivity index is 2.11. The van der Waals surface area contributed by atoms with Gasteiger partial charge in [-0.05, 0) is 31.0 Å². The van der Waals surface area contributed by atoms with Crippen LogP contribution in [0.3, 0.4) is 0 Å². The molecule has 1 unspecified atom stereocenters. The zero-order chi connectivity index (χ0) is 19.1. The van der Waals surface area contributed by atoms with E-state index in [1.165, 1.54) is 24.9 Å². The van der Waals surface area contributed by atoms with Crippen molar-refractivity contribution in [2.45, 2.75) is 43.5 Å². The molecule has 0 bridgehead atoms. The van der Waals surface area contributed by atoms with Crippen LogP contribution in [0.4, 0.5) is 5.69 Å². The molecule has 0 spiro atoms. The lowest BCUT2D eigenvalue weighted by atomic mass is 10.2. The number of halogens is 1. The number of nitrogens with one attached hydrogen (secondary N) is 2. The first-order valence-corrected chi connectivity index (χ1v) is 9.63. The minimum Gasteiger partial charge on any atom is -0.495 e. The molecule has 0 saturated carbocycles. The lowest BCUT2D eigenvalue weighted by Gasteiger charge is -2.15. The van der Waals surface area contributed by atoms with E-state index in [1.807, 2.05) is 13.8 Å². The number of ether oxygens (including phenoxy) is 1. The van der Waals surface area contributed by atoms with E-state index in [-0.39, 0.29) is 11.5 Å². The molecule has 1 amide bonds. The summed E-state index contributed by atoms with van der Waals surface area (Å²) in [6, 6.07) is 6.55. The SMILES string of the molecule is CCCc1cc(=O)[nH]c(SC(CC)C(=O)Nc2ccc(OC)c(Cl)c2)n1. The van der Waals surface area contributed by atoms with Gasteiger partial charge in [0.25, 0.3) is 5.56 Å². The normalized spacial score (nSPS) is 11.8. The minimum absolute atomic E-state index is 0.178. The molecular weight excluding hydrogens is 374 g/mol. The van der Waals surface area contributed by atoms with E-state index in [9.17, 15) is 9.59 Å². The number of carbonyl (C=O) groups excluding carboxylic acids is 1. The van der Waals surface area contributed by atoms with Gasteiger partial charge in [-0.1, -0.05) is 43.6 Å². The fourth-order valence-corrected chi connectivity index (χ4v) is 3.54. The number of aromatic amines is 1. The molecule has 2 rings (SSSR count). The Kier molecular flexibility index (Phi) is 7.53. The van der Waals surface area contributed by atoms with Crippen molar-refractivity contribution < 1.29 is 9.53 Å². The van der Waals surface area contributed by atoms with Crippen molar-refractivity contribution in [3.8, 4) is 5.75 Å². The summed E-state index contributed by atoms with van der Waals surface area (Å²) in [6.07, 6.45) is 2.21. The number of rotatable bonds is 8. The van der Waals surface area contributed by atoms with Gasteiger partial charge in [-0.2, -0.15) is 0 Å². The number of hydrogen-bond acceptors (Lipinski definition) is 5. The molecule has 26 heavy (non-hydrogen) atoms. The first-order chi connectivity index (χ1) is 12.5. The zero-order valence-corrected chi connectivity index (χ0v) is 16.5. The number of nitrogens with zero attached hydrogens (tertiary/aromatic N) is 1. The average Bonchev–Trinajstić information content (AvgIpc) is 2.59. The summed E-state index contributed by atoms with van der Waals surface area (Å²) in [4.78, 5) is 31.5. The number of methoxy groups -OCH3 is 1. The Hall–Kier alpha value is -1.99. The summed E-state index contributed by atoms with van der Waals surface area (Å²) >= 11 is 7.34. The van der Waals surface area contributed by atoms with Crippen molar-refractivity contribution in [3.63, 3.8) is 0 Å². The summed E-state index contributed by atoms with van der Waals surface area (Å²) in [6.45, 7) is 3.93. The molecule has 0 aliphatic heterocycles. The number of thioether (sulfide) groups is 1. The number of benzene rings is 1. The summed E-state index contributed by atoms with van der Waals surface area (Å²) in [5.74, 6) is 0.364. The highest BCUT2D eigenvalue weighted by molar-refractivity contribution is 8.00. The summed E-state index contributed by atoms with van der Waals surface area (Å²) in [7, 11) is 1.53. The van der Waals surface area contributed by atoms with Gasteiger partial charge in [0.2, 0.25) is 5.91 Å². The summed E-state index contributed by atoms with van der Waals surface area (Å²) in [5, 5.41) is 3.32. The number of H-pyrrole nitrogens is 1. The Morgan fingerprint density at radius 1 is 1.38 bits per heavy atom. The van der Waals surface area contributed by atoms with E-state index in [1.54, 1.807) is 18.2 Å². The lowest BCUT2D eigenvalue weighted by molar-refractivity contribution is -0.115. The maximum absolute atomic E-state index is 12.6.